The highest BCUT2D eigenvalue weighted by Crippen LogP contribution is 2.45. The van der Waals surface area contributed by atoms with Crippen LogP contribution in [0.15, 0.2) is 191 Å². The van der Waals surface area contributed by atoms with Crippen LogP contribution in [0.4, 0.5) is 0 Å². The lowest BCUT2D eigenvalue weighted by Crippen LogP contribution is -2.45. The minimum atomic E-state index is -0.197. The number of aromatic nitrogens is 1. The Balaban J connectivity index is 1.01. The summed E-state index contributed by atoms with van der Waals surface area (Å²) in [4.78, 5) is 5.16. The lowest BCUT2D eigenvalue weighted by atomic mass is 9.96. The first-order chi connectivity index (χ1) is 28.3. The monoisotopic (exact) mass is 750 g/mol. The topological polar surface area (TPSA) is 54.5 Å². The fourth-order valence-electron chi connectivity index (χ4n) is 8.99. The molecule has 0 bridgehead atoms. The van der Waals surface area contributed by atoms with E-state index in [2.05, 4.69) is 191 Å². The molecule has 57 heavy (non-hydrogen) atoms. The van der Waals surface area contributed by atoms with Crippen molar-refractivity contribution in [3.05, 3.63) is 199 Å². The lowest BCUT2D eigenvalue weighted by molar-refractivity contribution is 0.411. The van der Waals surface area contributed by atoms with Gasteiger partial charge in [-0.3, -0.25) is 5.32 Å². The van der Waals surface area contributed by atoms with Gasteiger partial charge in [0.2, 0.25) is 0 Å². The van der Waals surface area contributed by atoms with Crippen molar-refractivity contribution < 1.29 is 4.42 Å². The minimum absolute atomic E-state index is 0.158. The molecule has 0 fully saturated rings. The number of amidine groups is 1. The Labute approximate surface area is 332 Å². The molecule has 1 aliphatic heterocycles. The lowest BCUT2D eigenvalue weighted by Gasteiger charge is -2.32. The Morgan fingerprint density at radius 3 is 2.00 bits per heavy atom. The van der Waals surface area contributed by atoms with Gasteiger partial charge in [0.05, 0.1) is 22.1 Å². The van der Waals surface area contributed by atoms with Crippen LogP contribution in [-0.2, 0) is 0 Å². The second-order valence-corrected chi connectivity index (χ2v) is 15.8. The smallest absolute Gasteiger partial charge is 0.137 e. The van der Waals surface area contributed by atoms with Gasteiger partial charge < -0.3 is 14.3 Å². The molecule has 4 heterocycles. The van der Waals surface area contributed by atoms with Crippen LogP contribution in [0.25, 0.3) is 80.7 Å². The van der Waals surface area contributed by atoms with Gasteiger partial charge in [-0.2, -0.15) is 0 Å². The number of rotatable bonds is 5. The van der Waals surface area contributed by atoms with E-state index in [1.807, 2.05) is 17.4 Å². The highest BCUT2D eigenvalue weighted by Gasteiger charge is 2.28. The molecule has 2 N–H and O–H groups in total. The maximum absolute atomic E-state index is 6.64. The van der Waals surface area contributed by atoms with Crippen LogP contribution in [0.3, 0.4) is 0 Å². The second kappa shape index (κ2) is 12.8. The van der Waals surface area contributed by atoms with Gasteiger partial charge in [0.1, 0.15) is 29.3 Å². The Morgan fingerprint density at radius 2 is 1.21 bits per heavy atom. The molecule has 5 nitrogen and oxygen atoms in total. The van der Waals surface area contributed by atoms with Crippen LogP contribution < -0.4 is 10.6 Å². The number of aliphatic imine (C=N–C) groups is 1. The standard InChI is InChI=1S/C51H34N4OS/c1-3-14-31(15-4-1)49-52-50(32-16-5-2-6-17-32)54-51(53-49)38-21-12-27-44-46(38)37-29-28-33(30-45(37)57-44)34-20-11-25-42-47(34)48-41(24-13-26-43(48)56-42)55-39-22-9-7-18-35(39)36-19-8-10-23-40(36)55/h1-30,49,51,53H,(H,52,54). The Kier molecular flexibility index (Phi) is 7.24. The van der Waals surface area contributed by atoms with Crippen LogP contribution in [0.5, 0.6) is 0 Å². The average Bonchev–Trinajstić information content (AvgIpc) is 3.96. The summed E-state index contributed by atoms with van der Waals surface area (Å²) in [5, 5.41) is 14.8. The Hall–Kier alpha value is -6.99. The van der Waals surface area contributed by atoms with Crippen molar-refractivity contribution in [1.29, 1.82) is 0 Å². The molecule has 0 radical (unpaired) electrons. The number of fused-ring (bicyclic) bond motifs is 9. The summed E-state index contributed by atoms with van der Waals surface area (Å²) in [5.41, 5.74) is 11.0. The highest BCUT2D eigenvalue weighted by atomic mass is 32.1. The molecule has 270 valence electrons. The van der Waals surface area contributed by atoms with E-state index in [4.69, 9.17) is 9.41 Å². The zero-order valence-electron chi connectivity index (χ0n) is 30.7. The van der Waals surface area contributed by atoms with Gasteiger partial charge in [0, 0.05) is 41.9 Å². The van der Waals surface area contributed by atoms with E-state index in [9.17, 15) is 0 Å². The van der Waals surface area contributed by atoms with Crippen molar-refractivity contribution >= 4 is 81.1 Å². The number of benzene rings is 8. The first-order valence-electron chi connectivity index (χ1n) is 19.4. The van der Waals surface area contributed by atoms with Gasteiger partial charge in [-0.15, -0.1) is 11.3 Å². The largest absolute Gasteiger partial charge is 0.456 e. The number of furan rings is 1. The molecule has 0 saturated carbocycles. The van der Waals surface area contributed by atoms with Gasteiger partial charge in [-0.25, -0.2) is 4.99 Å². The first kappa shape index (κ1) is 32.3. The van der Waals surface area contributed by atoms with Crippen LogP contribution in [-0.4, -0.2) is 10.4 Å². The van der Waals surface area contributed by atoms with E-state index in [1.54, 1.807) is 0 Å². The highest BCUT2D eigenvalue weighted by molar-refractivity contribution is 7.25. The third kappa shape index (κ3) is 5.08. The summed E-state index contributed by atoms with van der Waals surface area (Å²) >= 11 is 1.84. The van der Waals surface area contributed by atoms with Crippen LogP contribution in [0.2, 0.25) is 0 Å². The molecule has 3 aromatic heterocycles. The maximum atomic E-state index is 6.64. The van der Waals surface area contributed by atoms with Crippen LogP contribution >= 0.6 is 11.3 Å². The quantitative estimate of drug-likeness (QED) is 0.184. The van der Waals surface area contributed by atoms with Gasteiger partial charge in [0.15, 0.2) is 0 Å². The Morgan fingerprint density at radius 1 is 0.526 bits per heavy atom. The molecule has 8 aromatic carbocycles. The molecular formula is C51H34N4OS. The van der Waals surface area contributed by atoms with Gasteiger partial charge in [-0.05, 0) is 64.7 Å². The molecule has 2 atom stereocenters. The van der Waals surface area contributed by atoms with Gasteiger partial charge in [-0.1, -0.05) is 140 Å². The predicted octanol–water partition coefficient (Wildman–Crippen LogP) is 13.1. The Bertz CT molecular complexity index is 3320. The van der Waals surface area contributed by atoms with E-state index >= 15 is 0 Å². The van der Waals surface area contributed by atoms with Crippen LogP contribution in [0, 0.1) is 0 Å². The number of thiophene rings is 1. The normalized spacial score (nSPS) is 15.9. The van der Waals surface area contributed by atoms with Crippen molar-refractivity contribution in [3.63, 3.8) is 0 Å². The third-order valence-electron chi connectivity index (χ3n) is 11.5. The molecule has 6 heteroatoms. The summed E-state index contributed by atoms with van der Waals surface area (Å²) in [6.07, 6.45) is -0.355. The molecule has 12 rings (SSSR count). The molecule has 0 spiro atoms. The zero-order valence-corrected chi connectivity index (χ0v) is 31.5. The molecule has 11 aromatic rings. The number of hydrogen-bond acceptors (Lipinski definition) is 5. The van der Waals surface area contributed by atoms with Gasteiger partial charge >= 0.3 is 0 Å². The number of para-hydroxylation sites is 2. The van der Waals surface area contributed by atoms with E-state index in [-0.39, 0.29) is 12.3 Å². The maximum Gasteiger partial charge on any atom is 0.137 e. The molecular weight excluding hydrogens is 717 g/mol. The van der Waals surface area contributed by atoms with Crippen molar-refractivity contribution in [2.24, 2.45) is 4.99 Å². The number of nitrogens with zero attached hydrogens (tertiary/aromatic N) is 2. The van der Waals surface area contributed by atoms with Crippen LogP contribution in [0.1, 0.15) is 29.0 Å². The second-order valence-electron chi connectivity index (χ2n) is 14.7. The average molecular weight is 751 g/mol. The molecule has 0 aliphatic carbocycles. The summed E-state index contributed by atoms with van der Waals surface area (Å²) in [5.74, 6) is 0.882. The minimum Gasteiger partial charge on any atom is -0.456 e. The predicted molar refractivity (Wildman–Crippen MR) is 238 cm³/mol. The van der Waals surface area contributed by atoms with E-state index < -0.39 is 0 Å². The van der Waals surface area contributed by atoms with E-state index in [0.29, 0.717) is 0 Å². The summed E-state index contributed by atoms with van der Waals surface area (Å²) < 4.78 is 11.5. The number of hydrogen-bond donors (Lipinski definition) is 2. The first-order valence-corrected chi connectivity index (χ1v) is 20.2. The molecule has 0 saturated heterocycles. The fourth-order valence-corrected chi connectivity index (χ4v) is 10.2. The summed E-state index contributed by atoms with van der Waals surface area (Å²) in [6.45, 7) is 0. The zero-order chi connectivity index (χ0) is 37.5. The van der Waals surface area contributed by atoms with Crippen molar-refractivity contribution in [1.82, 2.24) is 15.2 Å². The van der Waals surface area contributed by atoms with Gasteiger partial charge in [0.25, 0.3) is 0 Å². The van der Waals surface area contributed by atoms with E-state index in [0.717, 1.165) is 55.7 Å². The SMILES string of the molecule is c1ccc(C2=NC(c3ccccc3)NC(c3cccc4sc5cc(-c6cccc7oc8cccc(-n9c%10ccccc%10c%10ccccc%109)c8c67)ccc5c34)N2)cc1. The molecule has 0 amide bonds. The van der Waals surface area contributed by atoms with E-state index in [1.165, 1.54) is 47.5 Å². The van der Waals surface area contributed by atoms with Crippen molar-refractivity contribution in [2.45, 2.75) is 12.3 Å². The summed E-state index contributed by atoms with van der Waals surface area (Å²) in [6, 6.07) is 64.8. The van der Waals surface area contributed by atoms with Crippen molar-refractivity contribution in [2.75, 3.05) is 0 Å². The third-order valence-corrected chi connectivity index (χ3v) is 12.6. The molecule has 1 aliphatic rings. The fraction of sp³-hybridized carbons (Fsp3) is 0.0392. The number of nitrogens with one attached hydrogen (secondary N) is 2. The summed E-state index contributed by atoms with van der Waals surface area (Å²) in [7, 11) is 0. The van der Waals surface area contributed by atoms with Crippen molar-refractivity contribution in [3.8, 4) is 16.8 Å². The molecule has 2 unspecified atom stereocenters.